The molecule has 0 saturated carbocycles. The molecule has 1 aromatic heterocycles. The Labute approximate surface area is 124 Å². The maximum Gasteiger partial charge on any atom is 0.362 e. The van der Waals surface area contributed by atoms with Crippen LogP contribution in [-0.2, 0) is 4.74 Å². The van der Waals surface area contributed by atoms with E-state index in [0.717, 1.165) is 4.47 Å². The number of aromatic nitrogens is 1. The number of hydrogen-bond donors (Lipinski definition) is 1. The van der Waals surface area contributed by atoms with Crippen molar-refractivity contribution < 1.29 is 18.7 Å². The van der Waals surface area contributed by atoms with Gasteiger partial charge in [0.15, 0.2) is 0 Å². The normalized spacial score (nSPS) is 10.3. The van der Waals surface area contributed by atoms with Gasteiger partial charge >= 0.3 is 5.97 Å². The number of carbonyl (C=O) groups is 1. The quantitative estimate of drug-likeness (QED) is 0.861. The zero-order valence-electron chi connectivity index (χ0n) is 11.0. The highest BCUT2D eigenvalue weighted by Crippen LogP contribution is 2.31. The molecule has 1 heterocycles. The lowest BCUT2D eigenvalue weighted by Gasteiger charge is -2.03. The topological polar surface area (TPSA) is 87.6 Å². The van der Waals surface area contributed by atoms with Gasteiger partial charge in [-0.25, -0.2) is 4.79 Å². The van der Waals surface area contributed by atoms with Crippen molar-refractivity contribution in [3.05, 3.63) is 28.4 Å². The van der Waals surface area contributed by atoms with Crippen molar-refractivity contribution in [2.45, 2.75) is 6.92 Å². The van der Waals surface area contributed by atoms with Crippen molar-refractivity contribution in [1.29, 1.82) is 0 Å². The second-order valence-corrected chi connectivity index (χ2v) is 4.66. The van der Waals surface area contributed by atoms with Gasteiger partial charge in [-0.1, -0.05) is 0 Å². The van der Waals surface area contributed by atoms with Crippen molar-refractivity contribution in [2.24, 2.45) is 0 Å². The Kier molecular flexibility index (Phi) is 4.29. The molecule has 0 amide bonds. The fourth-order valence-electron chi connectivity index (χ4n) is 1.60. The highest BCUT2D eigenvalue weighted by atomic mass is 79.9. The molecule has 0 spiro atoms. The van der Waals surface area contributed by atoms with Gasteiger partial charge in [0.05, 0.1) is 18.2 Å². The van der Waals surface area contributed by atoms with Crippen LogP contribution in [0.1, 0.15) is 17.4 Å². The number of nitrogens with zero attached hydrogens (tertiary/aromatic N) is 1. The lowest BCUT2D eigenvalue weighted by molar-refractivity contribution is 0.0521. The minimum absolute atomic E-state index is 0.0196. The third-order valence-corrected chi connectivity index (χ3v) is 3.14. The number of halogens is 1. The summed E-state index contributed by atoms with van der Waals surface area (Å²) >= 11 is 3.37. The van der Waals surface area contributed by atoms with Gasteiger partial charge in [-0.3, -0.25) is 0 Å². The molecule has 7 heteroatoms. The van der Waals surface area contributed by atoms with Gasteiger partial charge in [0.2, 0.25) is 17.5 Å². The van der Waals surface area contributed by atoms with Gasteiger partial charge in [-0.05, 0) is 41.1 Å². The van der Waals surface area contributed by atoms with Gasteiger partial charge in [0.1, 0.15) is 5.75 Å². The van der Waals surface area contributed by atoms with Crippen LogP contribution in [-0.4, -0.2) is 24.7 Å². The van der Waals surface area contributed by atoms with Crippen LogP contribution in [0.2, 0.25) is 0 Å². The average molecular weight is 341 g/mol. The number of hydrogen-bond acceptors (Lipinski definition) is 6. The first-order chi connectivity index (χ1) is 9.56. The number of nitrogens with two attached hydrogens (primary N) is 1. The molecule has 2 aromatic rings. The number of ether oxygens (including phenoxy) is 2. The predicted octanol–water partition coefficient (Wildman–Crippen LogP) is 2.87. The number of carbonyl (C=O) groups excluding carboxylic acids is 1. The highest BCUT2D eigenvalue weighted by molar-refractivity contribution is 9.10. The molecule has 0 aliphatic carbocycles. The zero-order chi connectivity index (χ0) is 14.7. The molecule has 106 valence electrons. The molecule has 1 aromatic carbocycles. The third kappa shape index (κ3) is 2.77. The summed E-state index contributed by atoms with van der Waals surface area (Å²) in [5, 5.41) is 0. The van der Waals surface area contributed by atoms with Crippen molar-refractivity contribution in [3.8, 4) is 17.2 Å². The number of benzene rings is 1. The van der Waals surface area contributed by atoms with Crippen LogP contribution in [0.5, 0.6) is 5.75 Å². The Hall–Kier alpha value is -2.02. The Morgan fingerprint density at radius 1 is 1.50 bits per heavy atom. The Morgan fingerprint density at radius 3 is 2.85 bits per heavy atom. The molecule has 0 atom stereocenters. The molecule has 2 N–H and O–H groups in total. The first-order valence-corrected chi connectivity index (χ1v) is 6.63. The SMILES string of the molecule is CCOC(=O)c1nc(-c2ccc(OC)c(Br)c2)oc1N. The lowest BCUT2D eigenvalue weighted by atomic mass is 10.2. The molecule has 0 bridgehead atoms. The van der Waals surface area contributed by atoms with Crippen molar-refractivity contribution in [1.82, 2.24) is 4.98 Å². The molecule has 20 heavy (non-hydrogen) atoms. The molecule has 0 aliphatic rings. The van der Waals surface area contributed by atoms with E-state index in [4.69, 9.17) is 19.6 Å². The Balaban J connectivity index is 2.37. The molecule has 0 saturated heterocycles. The van der Waals surface area contributed by atoms with Gasteiger partial charge in [0, 0.05) is 5.56 Å². The summed E-state index contributed by atoms with van der Waals surface area (Å²) in [7, 11) is 1.57. The van der Waals surface area contributed by atoms with E-state index in [2.05, 4.69) is 20.9 Å². The molecule has 0 aliphatic heterocycles. The summed E-state index contributed by atoms with van der Waals surface area (Å²) in [6, 6.07) is 5.27. The number of methoxy groups -OCH3 is 1. The summed E-state index contributed by atoms with van der Waals surface area (Å²) in [6.45, 7) is 1.95. The van der Waals surface area contributed by atoms with E-state index in [-0.39, 0.29) is 24.1 Å². The van der Waals surface area contributed by atoms with Crippen LogP contribution in [0.25, 0.3) is 11.5 Å². The minimum Gasteiger partial charge on any atom is -0.496 e. The smallest absolute Gasteiger partial charge is 0.362 e. The van der Waals surface area contributed by atoms with E-state index < -0.39 is 5.97 Å². The van der Waals surface area contributed by atoms with E-state index in [9.17, 15) is 4.79 Å². The summed E-state index contributed by atoms with van der Waals surface area (Å²) in [5.74, 6) is 0.255. The molecule has 6 nitrogen and oxygen atoms in total. The average Bonchev–Trinajstić information content (AvgIpc) is 2.81. The fraction of sp³-hybridized carbons (Fsp3) is 0.231. The molecule has 0 radical (unpaired) electrons. The summed E-state index contributed by atoms with van der Waals surface area (Å²) in [5.41, 5.74) is 6.28. The fourth-order valence-corrected chi connectivity index (χ4v) is 2.14. The summed E-state index contributed by atoms with van der Waals surface area (Å²) in [6.07, 6.45) is 0. The largest absolute Gasteiger partial charge is 0.496 e. The standard InChI is InChI=1S/C13H13BrN2O4/c1-3-19-13(17)10-11(15)20-12(16-10)7-4-5-9(18-2)8(14)6-7/h4-6H,3,15H2,1-2H3. The summed E-state index contributed by atoms with van der Waals surface area (Å²) in [4.78, 5) is 15.7. The van der Waals surface area contributed by atoms with Crippen molar-refractivity contribution in [2.75, 3.05) is 19.5 Å². The molecular weight excluding hydrogens is 328 g/mol. The number of rotatable bonds is 4. The maximum atomic E-state index is 11.6. The van der Waals surface area contributed by atoms with E-state index in [1.807, 2.05) is 0 Å². The monoisotopic (exact) mass is 340 g/mol. The molecule has 0 unspecified atom stereocenters. The van der Waals surface area contributed by atoms with E-state index in [1.54, 1.807) is 32.2 Å². The zero-order valence-corrected chi connectivity index (χ0v) is 12.6. The van der Waals surface area contributed by atoms with E-state index in [1.165, 1.54) is 0 Å². The van der Waals surface area contributed by atoms with Crippen molar-refractivity contribution in [3.63, 3.8) is 0 Å². The summed E-state index contributed by atoms with van der Waals surface area (Å²) < 4.78 is 16.0. The predicted molar refractivity (Wildman–Crippen MR) is 76.6 cm³/mol. The molecule has 2 rings (SSSR count). The van der Waals surface area contributed by atoms with Crippen LogP contribution < -0.4 is 10.5 Å². The van der Waals surface area contributed by atoms with E-state index in [0.29, 0.717) is 11.3 Å². The second kappa shape index (κ2) is 5.96. The third-order valence-electron chi connectivity index (χ3n) is 2.52. The van der Waals surface area contributed by atoms with Gasteiger partial charge in [0.25, 0.3) is 0 Å². The van der Waals surface area contributed by atoms with Gasteiger partial charge in [-0.15, -0.1) is 0 Å². The van der Waals surface area contributed by atoms with Gasteiger partial charge < -0.3 is 19.6 Å². The van der Waals surface area contributed by atoms with Crippen LogP contribution >= 0.6 is 15.9 Å². The number of oxazole rings is 1. The lowest BCUT2D eigenvalue weighted by Crippen LogP contribution is -2.07. The van der Waals surface area contributed by atoms with Crippen molar-refractivity contribution >= 4 is 27.8 Å². The first-order valence-electron chi connectivity index (χ1n) is 5.84. The molecule has 0 fully saturated rings. The Morgan fingerprint density at radius 2 is 2.25 bits per heavy atom. The van der Waals surface area contributed by atoms with Crippen LogP contribution in [0.4, 0.5) is 5.88 Å². The van der Waals surface area contributed by atoms with Crippen LogP contribution in [0, 0.1) is 0 Å². The van der Waals surface area contributed by atoms with Crippen LogP contribution in [0.3, 0.4) is 0 Å². The Bertz CT molecular complexity index is 639. The number of anilines is 1. The second-order valence-electron chi connectivity index (χ2n) is 3.80. The number of nitrogen functional groups attached to an aromatic ring is 1. The molecular formula is C13H13BrN2O4. The van der Waals surface area contributed by atoms with Crippen LogP contribution in [0.15, 0.2) is 27.1 Å². The van der Waals surface area contributed by atoms with Gasteiger partial charge in [-0.2, -0.15) is 4.98 Å². The van der Waals surface area contributed by atoms with E-state index >= 15 is 0 Å². The maximum absolute atomic E-state index is 11.6. The minimum atomic E-state index is -0.604. The highest BCUT2D eigenvalue weighted by Gasteiger charge is 2.20. The first kappa shape index (κ1) is 14.4. The number of esters is 1.